The number of aliphatic hydroxyl groups excluding tert-OH is 1. The number of hydrogen-bond donors (Lipinski definition) is 2. The summed E-state index contributed by atoms with van der Waals surface area (Å²) in [6, 6.07) is 12.3. The summed E-state index contributed by atoms with van der Waals surface area (Å²) in [5.74, 6) is 0.983. The molecule has 190 valence electrons. The number of nitrogens with zero attached hydrogens (tertiary/aromatic N) is 4. The molecule has 6 nitrogen and oxygen atoms in total. The Morgan fingerprint density at radius 2 is 2.06 bits per heavy atom. The molecule has 0 radical (unpaired) electrons. The normalized spacial score (nSPS) is 25.2. The molecule has 1 aliphatic heterocycles. The van der Waals surface area contributed by atoms with Crippen LogP contribution in [0.4, 0.5) is 10.1 Å². The molecule has 0 bridgehead atoms. The fraction of sp³-hybridized carbons (Fsp3) is 0.500. The van der Waals surface area contributed by atoms with Crippen molar-refractivity contribution in [2.24, 2.45) is 13.0 Å². The van der Waals surface area contributed by atoms with E-state index in [2.05, 4.69) is 40.6 Å². The van der Waals surface area contributed by atoms with Gasteiger partial charge in [-0.2, -0.15) is 0 Å². The number of aliphatic hydroxyl groups is 1. The zero-order valence-corrected chi connectivity index (χ0v) is 21.5. The van der Waals surface area contributed by atoms with Crippen LogP contribution < -0.4 is 10.2 Å². The first-order chi connectivity index (χ1) is 17.3. The second kappa shape index (κ2) is 9.12. The Hall–Kier alpha value is -2.48. The molecule has 1 unspecified atom stereocenters. The number of aryl methyl sites for hydroxylation is 1. The molecule has 2 N–H and O–H groups in total. The quantitative estimate of drug-likeness (QED) is 0.447. The highest BCUT2D eigenvalue weighted by Gasteiger charge is 2.39. The monoisotopic (exact) mass is 509 g/mol. The van der Waals surface area contributed by atoms with Crippen molar-refractivity contribution in [3.05, 3.63) is 75.8 Å². The molecule has 3 aliphatic rings. The van der Waals surface area contributed by atoms with Crippen LogP contribution in [0.25, 0.3) is 0 Å². The van der Waals surface area contributed by atoms with Gasteiger partial charge in [0.1, 0.15) is 18.3 Å². The van der Waals surface area contributed by atoms with E-state index in [4.69, 9.17) is 11.6 Å². The maximum Gasteiger partial charge on any atom is 0.153 e. The first kappa shape index (κ1) is 23.9. The highest BCUT2D eigenvalue weighted by atomic mass is 35.5. The van der Waals surface area contributed by atoms with Crippen LogP contribution in [0, 0.1) is 5.92 Å². The molecule has 0 saturated heterocycles. The van der Waals surface area contributed by atoms with E-state index in [0.717, 1.165) is 40.3 Å². The van der Waals surface area contributed by atoms with Gasteiger partial charge in [-0.05, 0) is 85.9 Å². The summed E-state index contributed by atoms with van der Waals surface area (Å²) in [4.78, 5) is 1.98. The Morgan fingerprint density at radius 3 is 2.72 bits per heavy atom. The molecule has 2 aliphatic carbocycles. The Labute approximate surface area is 216 Å². The fourth-order valence-electron chi connectivity index (χ4n) is 6.03. The Morgan fingerprint density at radius 1 is 1.25 bits per heavy atom. The van der Waals surface area contributed by atoms with Crippen molar-refractivity contribution in [3.63, 3.8) is 0 Å². The predicted molar refractivity (Wildman–Crippen MR) is 139 cm³/mol. The van der Waals surface area contributed by atoms with Crippen LogP contribution in [0.3, 0.4) is 0 Å². The maximum atomic E-state index is 13.8. The number of nitrogens with one attached hydrogen (secondary N) is 1. The average Bonchev–Trinajstić information content (AvgIpc) is 3.39. The van der Waals surface area contributed by atoms with Crippen molar-refractivity contribution in [2.45, 2.75) is 76.0 Å². The van der Waals surface area contributed by atoms with Crippen molar-refractivity contribution in [2.75, 3.05) is 4.90 Å². The predicted octanol–water partition coefficient (Wildman–Crippen LogP) is 5.39. The molecule has 2 fully saturated rings. The smallest absolute Gasteiger partial charge is 0.153 e. The standard InChI is InChI=1S/C28H33ClFN5O/c1-28(7-4-8-28)31-14-17-9-22-23(24(29)10-17)15-35(27(22)36)21-6-3-5-18(13-21)25(19-11-20(30)12-19)26-33-32-16-34(26)2/h3,5-6,9-10,13,16,19-20,25,27,31,36H,4,7-8,11-12,14-15H2,1-2H3/t19?,20?,25-,27?/m1/s1. The molecule has 1 aromatic heterocycles. The third-order valence-electron chi connectivity index (χ3n) is 8.54. The van der Waals surface area contributed by atoms with Crippen LogP contribution in [-0.4, -0.2) is 31.6 Å². The fourth-order valence-corrected chi connectivity index (χ4v) is 6.34. The highest BCUT2D eigenvalue weighted by molar-refractivity contribution is 6.31. The van der Waals surface area contributed by atoms with E-state index < -0.39 is 12.4 Å². The van der Waals surface area contributed by atoms with Crippen molar-refractivity contribution < 1.29 is 9.50 Å². The van der Waals surface area contributed by atoms with Gasteiger partial charge in [0.25, 0.3) is 0 Å². The minimum atomic E-state index is -0.779. The van der Waals surface area contributed by atoms with E-state index in [1.807, 2.05) is 34.7 Å². The van der Waals surface area contributed by atoms with E-state index in [-0.39, 0.29) is 17.4 Å². The lowest BCUT2D eigenvalue weighted by molar-refractivity contribution is 0.116. The summed E-state index contributed by atoms with van der Waals surface area (Å²) in [6.45, 7) is 3.54. The van der Waals surface area contributed by atoms with Gasteiger partial charge in [-0.15, -0.1) is 10.2 Å². The third kappa shape index (κ3) is 4.21. The first-order valence-electron chi connectivity index (χ1n) is 12.9. The molecular weight excluding hydrogens is 477 g/mol. The zero-order chi connectivity index (χ0) is 25.0. The molecule has 36 heavy (non-hydrogen) atoms. The van der Waals surface area contributed by atoms with Crippen molar-refractivity contribution >= 4 is 17.3 Å². The van der Waals surface area contributed by atoms with E-state index in [1.54, 1.807) is 6.33 Å². The van der Waals surface area contributed by atoms with Gasteiger partial charge in [-0.25, -0.2) is 4.39 Å². The maximum absolute atomic E-state index is 13.8. The number of fused-ring (bicyclic) bond motifs is 1. The van der Waals surface area contributed by atoms with E-state index in [1.165, 1.54) is 19.3 Å². The largest absolute Gasteiger partial charge is 0.369 e. The van der Waals surface area contributed by atoms with Gasteiger partial charge in [0.05, 0.1) is 0 Å². The number of aromatic nitrogens is 3. The van der Waals surface area contributed by atoms with Crippen molar-refractivity contribution in [1.29, 1.82) is 0 Å². The summed E-state index contributed by atoms with van der Waals surface area (Å²) in [6.07, 6.45) is 4.89. The zero-order valence-electron chi connectivity index (χ0n) is 20.8. The van der Waals surface area contributed by atoms with Gasteiger partial charge < -0.3 is 19.9 Å². The van der Waals surface area contributed by atoms with Gasteiger partial charge in [0.15, 0.2) is 6.23 Å². The van der Waals surface area contributed by atoms with Gasteiger partial charge in [-0.3, -0.25) is 0 Å². The average molecular weight is 510 g/mol. The molecule has 0 amide bonds. The van der Waals surface area contributed by atoms with Gasteiger partial charge >= 0.3 is 0 Å². The molecular formula is C28H33ClFN5O. The van der Waals surface area contributed by atoms with Crippen LogP contribution in [0.5, 0.6) is 0 Å². The summed E-state index contributed by atoms with van der Waals surface area (Å²) in [5.41, 5.74) is 5.11. The van der Waals surface area contributed by atoms with E-state index in [9.17, 15) is 9.50 Å². The molecule has 2 heterocycles. The SMILES string of the molecule is Cn1cnnc1[C@H](c1cccc(N2Cc3c(Cl)cc(CNC4(C)CCC4)cc3C2O)c1)C1CC(F)C1. The van der Waals surface area contributed by atoms with Gasteiger partial charge in [0.2, 0.25) is 0 Å². The Kier molecular flexibility index (Phi) is 6.05. The molecule has 0 spiro atoms. The van der Waals surface area contributed by atoms with E-state index in [0.29, 0.717) is 24.4 Å². The van der Waals surface area contributed by atoms with Crippen LogP contribution in [0.1, 0.15) is 79.3 Å². The van der Waals surface area contributed by atoms with Gasteiger partial charge in [-0.1, -0.05) is 23.7 Å². The number of halogens is 2. The third-order valence-corrected chi connectivity index (χ3v) is 8.88. The lowest BCUT2D eigenvalue weighted by atomic mass is 9.71. The Balaban J connectivity index is 1.27. The number of rotatable bonds is 7. The first-order valence-corrected chi connectivity index (χ1v) is 13.3. The summed E-state index contributed by atoms with van der Waals surface area (Å²) < 4.78 is 15.7. The van der Waals surface area contributed by atoms with Crippen LogP contribution >= 0.6 is 11.6 Å². The van der Waals surface area contributed by atoms with Crippen LogP contribution in [-0.2, 0) is 20.1 Å². The van der Waals surface area contributed by atoms with Crippen molar-refractivity contribution in [1.82, 2.24) is 20.1 Å². The summed E-state index contributed by atoms with van der Waals surface area (Å²) >= 11 is 6.72. The number of benzene rings is 2. The topological polar surface area (TPSA) is 66.2 Å². The second-order valence-corrected chi connectivity index (χ2v) is 11.5. The number of hydrogen-bond acceptors (Lipinski definition) is 5. The lowest BCUT2D eigenvalue weighted by Gasteiger charge is -2.39. The molecule has 2 atom stereocenters. The minimum absolute atomic E-state index is 0.0410. The molecule has 2 saturated carbocycles. The number of alkyl halides is 1. The minimum Gasteiger partial charge on any atom is -0.369 e. The number of anilines is 1. The van der Waals surface area contributed by atoms with E-state index >= 15 is 0 Å². The van der Waals surface area contributed by atoms with Crippen molar-refractivity contribution in [3.8, 4) is 0 Å². The van der Waals surface area contributed by atoms with Gasteiger partial charge in [0, 0.05) is 47.9 Å². The lowest BCUT2D eigenvalue weighted by Crippen LogP contribution is -2.47. The molecule has 6 rings (SSSR count). The summed E-state index contributed by atoms with van der Waals surface area (Å²) in [7, 11) is 1.93. The molecule has 2 aromatic carbocycles. The molecule has 8 heteroatoms. The van der Waals surface area contributed by atoms with Crippen LogP contribution in [0.15, 0.2) is 42.7 Å². The Bertz CT molecular complexity index is 1270. The second-order valence-electron chi connectivity index (χ2n) is 11.1. The van der Waals surface area contributed by atoms with Crippen LogP contribution in [0.2, 0.25) is 5.02 Å². The highest BCUT2D eigenvalue weighted by Crippen LogP contribution is 2.46. The molecule has 3 aromatic rings. The summed E-state index contributed by atoms with van der Waals surface area (Å²) in [5, 5.41) is 24.1.